The Hall–Kier alpha value is -2.02. The first-order chi connectivity index (χ1) is 11.6. The summed E-state index contributed by atoms with van der Waals surface area (Å²) in [7, 11) is 0. The summed E-state index contributed by atoms with van der Waals surface area (Å²) < 4.78 is 0. The molecule has 1 fully saturated rings. The fraction of sp³-hybridized carbons (Fsp3) is 0.529. The minimum Gasteiger partial charge on any atom is -0.343 e. The first-order valence-corrected chi connectivity index (χ1v) is 9.27. The molecule has 0 unspecified atom stereocenters. The van der Waals surface area contributed by atoms with Crippen molar-refractivity contribution in [3.8, 4) is 0 Å². The molecule has 2 aromatic rings. The minimum absolute atomic E-state index is 0.283. The van der Waals surface area contributed by atoms with E-state index >= 15 is 0 Å². The highest BCUT2D eigenvalue weighted by molar-refractivity contribution is 7.13. The third-order valence-corrected chi connectivity index (χ3v) is 4.93. The maximum Gasteiger partial charge on any atom is 0.228 e. The van der Waals surface area contributed by atoms with Crippen LogP contribution in [-0.4, -0.2) is 38.8 Å². The van der Waals surface area contributed by atoms with E-state index in [-0.39, 0.29) is 5.91 Å². The van der Waals surface area contributed by atoms with E-state index in [1.807, 2.05) is 4.90 Å². The van der Waals surface area contributed by atoms with Crippen LogP contribution in [0.1, 0.15) is 44.7 Å². The Morgan fingerprint density at radius 3 is 2.71 bits per heavy atom. The van der Waals surface area contributed by atoms with Crippen molar-refractivity contribution in [2.75, 3.05) is 18.4 Å². The van der Waals surface area contributed by atoms with Gasteiger partial charge in [-0.3, -0.25) is 4.79 Å². The number of hydrogen-bond donors (Lipinski definition) is 1. The number of rotatable bonds is 5. The highest BCUT2D eigenvalue weighted by Gasteiger charge is 2.25. The normalized spacial score (nSPS) is 15.7. The molecule has 0 aliphatic carbocycles. The molecule has 128 valence electrons. The SMILES string of the molecule is CC(C)CC(=O)N1CCC(c2csc(Nc3ncccn3)n2)CC1. The lowest BCUT2D eigenvalue weighted by atomic mass is 9.94. The lowest BCUT2D eigenvalue weighted by molar-refractivity contribution is -0.133. The number of nitrogens with one attached hydrogen (secondary N) is 1. The molecule has 24 heavy (non-hydrogen) atoms. The molecule has 1 amide bonds. The molecule has 6 nitrogen and oxygen atoms in total. The van der Waals surface area contributed by atoms with Gasteiger partial charge in [0.25, 0.3) is 0 Å². The number of anilines is 2. The highest BCUT2D eigenvalue weighted by Crippen LogP contribution is 2.31. The van der Waals surface area contributed by atoms with Gasteiger partial charge >= 0.3 is 0 Å². The summed E-state index contributed by atoms with van der Waals surface area (Å²) in [6.45, 7) is 5.84. The Kier molecular flexibility index (Phi) is 5.40. The number of aromatic nitrogens is 3. The van der Waals surface area contributed by atoms with Crippen molar-refractivity contribution in [1.29, 1.82) is 0 Å². The van der Waals surface area contributed by atoms with E-state index < -0.39 is 0 Å². The molecule has 1 aliphatic rings. The number of likely N-dealkylation sites (tertiary alicyclic amines) is 1. The minimum atomic E-state index is 0.283. The molecule has 0 radical (unpaired) electrons. The van der Waals surface area contributed by atoms with E-state index in [9.17, 15) is 4.79 Å². The first kappa shape index (κ1) is 16.8. The smallest absolute Gasteiger partial charge is 0.228 e. The monoisotopic (exact) mass is 345 g/mol. The van der Waals surface area contributed by atoms with E-state index in [1.54, 1.807) is 29.8 Å². The van der Waals surface area contributed by atoms with Crippen molar-refractivity contribution in [2.24, 2.45) is 5.92 Å². The van der Waals surface area contributed by atoms with Gasteiger partial charge in [-0.1, -0.05) is 13.8 Å². The Balaban J connectivity index is 1.54. The summed E-state index contributed by atoms with van der Waals surface area (Å²) in [5.41, 5.74) is 1.11. The van der Waals surface area contributed by atoms with Crippen molar-refractivity contribution < 1.29 is 4.79 Å². The van der Waals surface area contributed by atoms with Crippen LogP contribution in [0.5, 0.6) is 0 Å². The van der Waals surface area contributed by atoms with Gasteiger partial charge in [0, 0.05) is 43.2 Å². The molecule has 0 aromatic carbocycles. The van der Waals surface area contributed by atoms with E-state index in [2.05, 4.69) is 39.5 Å². The number of carbonyl (C=O) groups is 1. The summed E-state index contributed by atoms with van der Waals surface area (Å²) in [5.74, 6) is 1.69. The van der Waals surface area contributed by atoms with E-state index in [0.29, 0.717) is 24.2 Å². The van der Waals surface area contributed by atoms with Crippen molar-refractivity contribution in [3.05, 3.63) is 29.5 Å². The quantitative estimate of drug-likeness (QED) is 0.899. The van der Waals surface area contributed by atoms with Crippen molar-refractivity contribution in [1.82, 2.24) is 19.9 Å². The number of hydrogen-bond acceptors (Lipinski definition) is 6. The number of piperidine rings is 1. The summed E-state index contributed by atoms with van der Waals surface area (Å²) in [5, 5.41) is 6.05. The number of carbonyl (C=O) groups excluding carboxylic acids is 1. The van der Waals surface area contributed by atoms with Gasteiger partial charge in [0.05, 0.1) is 5.69 Å². The van der Waals surface area contributed by atoms with Gasteiger partial charge in [-0.05, 0) is 24.8 Å². The molecule has 0 atom stereocenters. The fourth-order valence-corrected chi connectivity index (χ4v) is 3.68. The lowest BCUT2D eigenvalue weighted by Gasteiger charge is -2.31. The number of amides is 1. The Bertz CT molecular complexity index is 665. The molecule has 1 saturated heterocycles. The molecular formula is C17H23N5OS. The summed E-state index contributed by atoms with van der Waals surface area (Å²) >= 11 is 1.57. The molecule has 2 aromatic heterocycles. The van der Waals surface area contributed by atoms with E-state index in [4.69, 9.17) is 0 Å². The topological polar surface area (TPSA) is 71.0 Å². The predicted octanol–water partition coefficient (Wildman–Crippen LogP) is 3.43. The second-order valence-electron chi connectivity index (χ2n) is 6.53. The molecule has 0 bridgehead atoms. The molecule has 3 rings (SSSR count). The molecular weight excluding hydrogens is 322 g/mol. The third kappa shape index (κ3) is 4.29. The van der Waals surface area contributed by atoms with Gasteiger partial charge in [-0.25, -0.2) is 15.0 Å². The van der Waals surface area contributed by atoms with Gasteiger partial charge in [-0.2, -0.15) is 0 Å². The lowest BCUT2D eigenvalue weighted by Crippen LogP contribution is -2.38. The van der Waals surface area contributed by atoms with Gasteiger partial charge in [0.1, 0.15) is 0 Å². The third-order valence-electron chi connectivity index (χ3n) is 4.16. The van der Waals surface area contributed by atoms with Crippen molar-refractivity contribution in [3.63, 3.8) is 0 Å². The second-order valence-corrected chi connectivity index (χ2v) is 7.39. The average molecular weight is 345 g/mol. The van der Waals surface area contributed by atoms with Crippen LogP contribution in [-0.2, 0) is 4.79 Å². The van der Waals surface area contributed by atoms with Crippen LogP contribution in [0.25, 0.3) is 0 Å². The van der Waals surface area contributed by atoms with Crippen molar-refractivity contribution >= 4 is 28.3 Å². The van der Waals surface area contributed by atoms with Crippen molar-refractivity contribution in [2.45, 2.75) is 39.0 Å². The van der Waals surface area contributed by atoms with Gasteiger partial charge in [-0.15, -0.1) is 11.3 Å². The molecule has 0 spiro atoms. The summed E-state index contributed by atoms with van der Waals surface area (Å²) in [6, 6.07) is 1.78. The maximum absolute atomic E-state index is 12.1. The Morgan fingerprint density at radius 2 is 2.04 bits per heavy atom. The zero-order chi connectivity index (χ0) is 16.9. The zero-order valence-corrected chi connectivity index (χ0v) is 14.9. The number of nitrogens with zero attached hydrogens (tertiary/aromatic N) is 4. The molecule has 1 N–H and O–H groups in total. The van der Waals surface area contributed by atoms with Crippen LogP contribution in [0.4, 0.5) is 11.1 Å². The maximum atomic E-state index is 12.1. The van der Waals surface area contributed by atoms with Gasteiger partial charge in [0.15, 0.2) is 5.13 Å². The summed E-state index contributed by atoms with van der Waals surface area (Å²) in [6.07, 6.45) is 6.01. The fourth-order valence-electron chi connectivity index (χ4n) is 2.89. The van der Waals surface area contributed by atoms with Crippen LogP contribution in [0.2, 0.25) is 0 Å². The van der Waals surface area contributed by atoms with Gasteiger partial charge < -0.3 is 10.2 Å². The van der Waals surface area contributed by atoms with Crippen LogP contribution in [0, 0.1) is 5.92 Å². The molecule has 3 heterocycles. The van der Waals surface area contributed by atoms with Gasteiger partial charge in [0.2, 0.25) is 11.9 Å². The van der Waals surface area contributed by atoms with E-state index in [1.165, 1.54) is 0 Å². The molecule has 0 saturated carbocycles. The van der Waals surface area contributed by atoms with Crippen LogP contribution < -0.4 is 5.32 Å². The molecule has 7 heteroatoms. The standard InChI is InChI=1S/C17H23N5OS/c1-12(2)10-15(23)22-8-4-13(5-9-22)14-11-24-17(20-14)21-16-18-6-3-7-19-16/h3,6-7,11-13H,4-5,8-10H2,1-2H3,(H,18,19,20,21). The highest BCUT2D eigenvalue weighted by atomic mass is 32.1. The number of thiazole rings is 1. The second kappa shape index (κ2) is 7.70. The Labute approximate surface area is 146 Å². The zero-order valence-electron chi connectivity index (χ0n) is 14.1. The van der Waals surface area contributed by atoms with Crippen LogP contribution in [0.3, 0.4) is 0 Å². The van der Waals surface area contributed by atoms with E-state index in [0.717, 1.165) is 36.8 Å². The largest absolute Gasteiger partial charge is 0.343 e. The Morgan fingerprint density at radius 1 is 1.33 bits per heavy atom. The van der Waals surface area contributed by atoms with Crippen LogP contribution >= 0.6 is 11.3 Å². The molecule has 1 aliphatic heterocycles. The average Bonchev–Trinajstić information content (AvgIpc) is 3.04. The predicted molar refractivity (Wildman–Crippen MR) is 95.4 cm³/mol. The van der Waals surface area contributed by atoms with Crippen LogP contribution in [0.15, 0.2) is 23.8 Å². The summed E-state index contributed by atoms with van der Waals surface area (Å²) in [4.78, 5) is 27.1. The first-order valence-electron chi connectivity index (χ1n) is 8.39.